The predicted molar refractivity (Wildman–Crippen MR) is 93.6 cm³/mol. The Hall–Kier alpha value is -1.11. The van der Waals surface area contributed by atoms with Gasteiger partial charge in [0.15, 0.2) is 0 Å². The Balaban J connectivity index is 0. The van der Waals surface area contributed by atoms with E-state index in [4.69, 9.17) is 26.6 Å². The van der Waals surface area contributed by atoms with Crippen LogP contribution in [0.1, 0.15) is 19.3 Å². The quantitative estimate of drug-likeness (QED) is 0.264. The number of rotatable bonds is 7. The number of piperidine rings is 1. The van der Waals surface area contributed by atoms with Crippen LogP contribution in [0.4, 0.5) is 0 Å². The SMILES string of the molecule is Cl.Cl.N[C@@H](CC(=O)O)C(=O)N1C[C@@H](CCB(O)O)C[C@](N)(C(=O)O)C1. The summed E-state index contributed by atoms with van der Waals surface area (Å²) in [5.74, 6) is -3.55. The van der Waals surface area contributed by atoms with Gasteiger partial charge in [0.05, 0.1) is 12.5 Å². The smallest absolute Gasteiger partial charge is 0.451 e. The van der Waals surface area contributed by atoms with E-state index < -0.39 is 43.0 Å². The maximum Gasteiger partial charge on any atom is 0.451 e. The predicted octanol–water partition coefficient (Wildman–Crippen LogP) is -1.87. The summed E-state index contributed by atoms with van der Waals surface area (Å²) in [4.78, 5) is 35.4. The fraction of sp³-hybridized carbons (Fsp3) is 0.750. The summed E-state index contributed by atoms with van der Waals surface area (Å²) in [6, 6.07) is -1.28. The van der Waals surface area contributed by atoms with Gasteiger partial charge >= 0.3 is 19.1 Å². The summed E-state index contributed by atoms with van der Waals surface area (Å²) in [5, 5.41) is 35.8. The van der Waals surface area contributed by atoms with Crippen molar-refractivity contribution in [3.05, 3.63) is 0 Å². The fourth-order valence-corrected chi connectivity index (χ4v) is 2.77. The highest BCUT2D eigenvalue weighted by Gasteiger charge is 2.44. The van der Waals surface area contributed by atoms with Crippen LogP contribution in [0.25, 0.3) is 0 Å². The van der Waals surface area contributed by atoms with Crippen LogP contribution in [-0.2, 0) is 14.4 Å². The van der Waals surface area contributed by atoms with Gasteiger partial charge < -0.3 is 36.6 Å². The van der Waals surface area contributed by atoms with Crippen LogP contribution in [-0.4, -0.2) is 74.8 Å². The molecule has 8 N–H and O–H groups in total. The average Bonchev–Trinajstić information content (AvgIpc) is 2.42. The molecule has 25 heavy (non-hydrogen) atoms. The van der Waals surface area contributed by atoms with Gasteiger partial charge in [0.1, 0.15) is 5.54 Å². The Morgan fingerprint density at radius 2 is 1.80 bits per heavy atom. The summed E-state index contributed by atoms with van der Waals surface area (Å²) < 4.78 is 0. The third-order valence-electron chi connectivity index (χ3n) is 3.89. The van der Waals surface area contributed by atoms with Crippen LogP contribution in [0.3, 0.4) is 0 Å². The second-order valence-electron chi connectivity index (χ2n) is 6.01. The molecule has 146 valence electrons. The Bertz CT molecular complexity index is 486. The minimum atomic E-state index is -1.68. The van der Waals surface area contributed by atoms with E-state index in [9.17, 15) is 19.5 Å². The van der Waals surface area contributed by atoms with E-state index in [2.05, 4.69) is 0 Å². The lowest BCUT2D eigenvalue weighted by molar-refractivity contribution is -0.151. The van der Waals surface area contributed by atoms with Crippen LogP contribution in [0.2, 0.25) is 6.32 Å². The number of amides is 1. The molecule has 10 nitrogen and oxygen atoms in total. The molecule has 0 aromatic carbocycles. The molecule has 0 spiro atoms. The highest BCUT2D eigenvalue weighted by Crippen LogP contribution is 2.28. The van der Waals surface area contributed by atoms with E-state index >= 15 is 0 Å². The maximum absolute atomic E-state index is 12.2. The van der Waals surface area contributed by atoms with Crippen molar-refractivity contribution in [3.63, 3.8) is 0 Å². The first-order chi connectivity index (χ1) is 10.5. The van der Waals surface area contributed by atoms with Gasteiger partial charge in [0.2, 0.25) is 5.91 Å². The van der Waals surface area contributed by atoms with E-state index in [1.807, 2.05) is 0 Å². The van der Waals surface area contributed by atoms with Crippen molar-refractivity contribution in [2.45, 2.75) is 37.2 Å². The molecule has 1 saturated heterocycles. The lowest BCUT2D eigenvalue weighted by Crippen LogP contribution is -2.64. The first kappa shape index (κ1) is 26.1. The number of carbonyl (C=O) groups excluding carboxylic acids is 1. The van der Waals surface area contributed by atoms with Gasteiger partial charge in [-0.25, -0.2) is 0 Å². The number of likely N-dealkylation sites (tertiary alicyclic amines) is 1. The van der Waals surface area contributed by atoms with E-state index in [0.29, 0.717) is 0 Å². The van der Waals surface area contributed by atoms with Crippen LogP contribution >= 0.6 is 24.8 Å². The van der Waals surface area contributed by atoms with Crippen LogP contribution in [0.15, 0.2) is 0 Å². The first-order valence-electron chi connectivity index (χ1n) is 7.19. The zero-order chi connectivity index (χ0) is 17.8. The zero-order valence-corrected chi connectivity index (χ0v) is 15.0. The summed E-state index contributed by atoms with van der Waals surface area (Å²) in [7, 11) is -1.53. The molecule has 0 saturated carbocycles. The highest BCUT2D eigenvalue weighted by atomic mass is 35.5. The van der Waals surface area contributed by atoms with Gasteiger partial charge in [-0.15, -0.1) is 24.8 Å². The molecule has 13 heteroatoms. The van der Waals surface area contributed by atoms with Gasteiger partial charge in [-0.1, -0.05) is 6.42 Å². The molecular weight excluding hydrogens is 380 g/mol. The van der Waals surface area contributed by atoms with Crippen molar-refractivity contribution in [1.29, 1.82) is 0 Å². The molecule has 1 heterocycles. The minimum Gasteiger partial charge on any atom is -0.481 e. The first-order valence-corrected chi connectivity index (χ1v) is 7.19. The molecule has 0 radical (unpaired) electrons. The van der Waals surface area contributed by atoms with E-state index in [1.54, 1.807) is 0 Å². The summed E-state index contributed by atoms with van der Waals surface area (Å²) in [6.45, 7) is -0.127. The van der Waals surface area contributed by atoms with Gasteiger partial charge in [-0.2, -0.15) is 0 Å². The molecule has 1 rings (SSSR count). The van der Waals surface area contributed by atoms with E-state index in [0.717, 1.165) is 4.90 Å². The van der Waals surface area contributed by atoms with Crippen LogP contribution in [0, 0.1) is 5.92 Å². The molecule has 0 aromatic rings. The second-order valence-corrected chi connectivity index (χ2v) is 6.01. The lowest BCUT2D eigenvalue weighted by Gasteiger charge is -2.42. The monoisotopic (exact) mass is 403 g/mol. The standard InChI is InChI=1S/C12H22BN3O7.2ClH/c14-8(3-9(17)18)10(19)16-5-7(1-2-13(22)23)4-12(15,6-16)11(20)21;;/h7-8,22-23H,1-6,14-15H2,(H,17,18)(H,20,21);2*1H/t7-,8-,12+;;/m0../s1. The van der Waals surface area contributed by atoms with Crippen molar-refractivity contribution >= 4 is 49.8 Å². The highest BCUT2D eigenvalue weighted by molar-refractivity contribution is 6.40. The van der Waals surface area contributed by atoms with Gasteiger partial charge in [0.25, 0.3) is 0 Å². The number of carbonyl (C=O) groups is 3. The molecule has 3 atom stereocenters. The molecule has 0 bridgehead atoms. The molecule has 1 aliphatic heterocycles. The Morgan fingerprint density at radius 1 is 1.24 bits per heavy atom. The molecular formula is C12H24BCl2N3O7. The van der Waals surface area contributed by atoms with E-state index in [-0.39, 0.29) is 63.0 Å². The maximum atomic E-state index is 12.2. The molecule has 0 unspecified atom stereocenters. The van der Waals surface area contributed by atoms with Crippen molar-refractivity contribution in [3.8, 4) is 0 Å². The average molecular weight is 404 g/mol. The minimum absolute atomic E-state index is 0. The summed E-state index contributed by atoms with van der Waals surface area (Å²) >= 11 is 0. The summed E-state index contributed by atoms with van der Waals surface area (Å²) in [5.41, 5.74) is 9.72. The molecule has 1 aliphatic rings. The zero-order valence-electron chi connectivity index (χ0n) is 13.4. The van der Waals surface area contributed by atoms with Crippen molar-refractivity contribution in [1.82, 2.24) is 4.90 Å². The molecule has 1 amide bonds. The number of halogens is 2. The normalized spacial score (nSPS) is 23.7. The third-order valence-corrected chi connectivity index (χ3v) is 3.89. The Morgan fingerprint density at radius 3 is 2.24 bits per heavy atom. The molecule has 0 aromatic heterocycles. The number of carboxylic acids is 2. The van der Waals surface area contributed by atoms with Crippen molar-refractivity contribution < 1.29 is 34.6 Å². The van der Waals surface area contributed by atoms with Gasteiger partial charge in [0, 0.05) is 13.1 Å². The Labute approximate surface area is 157 Å². The third kappa shape index (κ3) is 7.76. The topological polar surface area (TPSA) is 187 Å². The Kier molecular flexibility index (Phi) is 11.3. The number of hydrogen-bond donors (Lipinski definition) is 6. The van der Waals surface area contributed by atoms with Crippen molar-refractivity contribution in [2.24, 2.45) is 17.4 Å². The second kappa shape index (κ2) is 10.8. The lowest BCUT2D eigenvalue weighted by atomic mass is 9.75. The summed E-state index contributed by atoms with van der Waals surface area (Å²) in [6.07, 6.45) is -0.210. The van der Waals surface area contributed by atoms with Crippen molar-refractivity contribution in [2.75, 3.05) is 13.1 Å². The van der Waals surface area contributed by atoms with Gasteiger partial charge in [-0.3, -0.25) is 14.4 Å². The van der Waals surface area contributed by atoms with Crippen LogP contribution < -0.4 is 11.5 Å². The number of carboxylic acid groups (broad SMARTS) is 2. The molecule has 0 aliphatic carbocycles. The van der Waals surface area contributed by atoms with E-state index in [1.165, 1.54) is 0 Å². The number of hydrogen-bond acceptors (Lipinski definition) is 7. The fourth-order valence-electron chi connectivity index (χ4n) is 2.77. The largest absolute Gasteiger partial charge is 0.481 e. The number of nitrogens with two attached hydrogens (primary N) is 2. The number of aliphatic carboxylic acids is 2. The number of nitrogens with zero attached hydrogens (tertiary/aromatic N) is 1. The van der Waals surface area contributed by atoms with Crippen LogP contribution in [0.5, 0.6) is 0 Å². The molecule has 1 fully saturated rings. The van der Waals surface area contributed by atoms with Gasteiger partial charge in [-0.05, 0) is 18.7 Å².